The van der Waals surface area contributed by atoms with Gasteiger partial charge < -0.3 is 10.2 Å². The smallest absolute Gasteiger partial charge is 0.253 e. The minimum atomic E-state index is 0. The fourth-order valence-corrected chi connectivity index (χ4v) is 2.38. The van der Waals surface area contributed by atoms with Crippen molar-refractivity contribution >= 4 is 18.3 Å². The van der Waals surface area contributed by atoms with E-state index in [2.05, 4.69) is 20.8 Å². The molecule has 1 amide bonds. The van der Waals surface area contributed by atoms with Gasteiger partial charge in [-0.3, -0.25) is 4.79 Å². The van der Waals surface area contributed by atoms with Gasteiger partial charge in [0.2, 0.25) is 0 Å². The Morgan fingerprint density at radius 3 is 2.71 bits per heavy atom. The molecule has 0 spiro atoms. The van der Waals surface area contributed by atoms with E-state index in [1.54, 1.807) is 16.8 Å². The number of rotatable bonds is 3. The van der Waals surface area contributed by atoms with E-state index >= 15 is 0 Å². The lowest BCUT2D eigenvalue weighted by atomic mass is 10.1. The van der Waals surface area contributed by atoms with Gasteiger partial charge in [0.15, 0.2) is 0 Å². The molecule has 1 saturated heterocycles. The summed E-state index contributed by atoms with van der Waals surface area (Å²) in [6.45, 7) is 1.84. The predicted octanol–water partition coefficient (Wildman–Crippen LogP) is 0.518. The normalized spacial score (nSPS) is 17.3. The Morgan fingerprint density at radius 1 is 1.38 bits per heavy atom. The van der Waals surface area contributed by atoms with Crippen molar-refractivity contribution < 1.29 is 4.79 Å². The molecule has 1 aromatic heterocycles. The third-order valence-corrected chi connectivity index (χ3v) is 3.63. The van der Waals surface area contributed by atoms with Crippen LogP contribution in [0, 0.1) is 0 Å². The number of amides is 1. The first-order valence-electron chi connectivity index (χ1n) is 6.57. The molecule has 0 aliphatic carbocycles. The van der Waals surface area contributed by atoms with Crippen LogP contribution in [0.2, 0.25) is 0 Å². The number of hydrogen-bond acceptors (Lipinski definition) is 5. The molecule has 1 unspecified atom stereocenters. The molecule has 0 saturated carbocycles. The second-order valence-electron chi connectivity index (χ2n) is 4.86. The van der Waals surface area contributed by atoms with E-state index in [9.17, 15) is 4.79 Å². The second kappa shape index (κ2) is 6.64. The van der Waals surface area contributed by atoms with Gasteiger partial charge in [0.25, 0.3) is 5.91 Å². The van der Waals surface area contributed by atoms with Crippen LogP contribution in [0.4, 0.5) is 0 Å². The third-order valence-electron chi connectivity index (χ3n) is 3.63. The highest BCUT2D eigenvalue weighted by Gasteiger charge is 2.23. The van der Waals surface area contributed by atoms with Crippen LogP contribution >= 0.6 is 12.4 Å². The van der Waals surface area contributed by atoms with Crippen molar-refractivity contribution in [2.45, 2.75) is 12.5 Å². The molecule has 1 N–H and O–H groups in total. The van der Waals surface area contributed by atoms with Crippen LogP contribution in [-0.4, -0.2) is 57.2 Å². The number of halogens is 1. The van der Waals surface area contributed by atoms with Gasteiger partial charge in [-0.1, -0.05) is 0 Å². The Morgan fingerprint density at radius 2 is 2.14 bits per heavy atom. The Hall–Kier alpha value is -1.99. The number of tetrazole rings is 1. The summed E-state index contributed by atoms with van der Waals surface area (Å²) in [6, 6.07) is 7.56. The summed E-state index contributed by atoms with van der Waals surface area (Å²) < 4.78 is 1.55. The third kappa shape index (κ3) is 3.20. The fraction of sp³-hybridized carbons (Fsp3) is 0.385. The quantitative estimate of drug-likeness (QED) is 0.894. The molecule has 2 heterocycles. The number of nitrogens with zero attached hydrogens (tertiary/aromatic N) is 5. The van der Waals surface area contributed by atoms with Crippen LogP contribution in [0.15, 0.2) is 30.6 Å². The Labute approximate surface area is 128 Å². The SMILES string of the molecule is CN(C(=O)c1ccc(-n2cnnn2)cc1)C1CCNC1.Cl. The monoisotopic (exact) mass is 308 g/mol. The summed E-state index contributed by atoms with van der Waals surface area (Å²) in [4.78, 5) is 14.2. The van der Waals surface area contributed by atoms with E-state index in [4.69, 9.17) is 0 Å². The van der Waals surface area contributed by atoms with Crippen molar-refractivity contribution in [1.29, 1.82) is 0 Å². The van der Waals surface area contributed by atoms with Crippen molar-refractivity contribution in [2.75, 3.05) is 20.1 Å². The highest BCUT2D eigenvalue weighted by atomic mass is 35.5. The molecule has 21 heavy (non-hydrogen) atoms. The molecule has 1 fully saturated rings. The molecule has 1 aliphatic rings. The molecule has 112 valence electrons. The summed E-state index contributed by atoms with van der Waals surface area (Å²) in [5, 5.41) is 14.3. The van der Waals surface area contributed by atoms with Crippen molar-refractivity contribution in [2.24, 2.45) is 0 Å². The number of benzene rings is 1. The summed E-state index contributed by atoms with van der Waals surface area (Å²) >= 11 is 0. The maximum atomic E-state index is 12.4. The lowest BCUT2D eigenvalue weighted by molar-refractivity contribution is 0.0744. The van der Waals surface area contributed by atoms with Gasteiger partial charge >= 0.3 is 0 Å². The highest BCUT2D eigenvalue weighted by molar-refractivity contribution is 5.94. The average molecular weight is 309 g/mol. The van der Waals surface area contributed by atoms with E-state index in [-0.39, 0.29) is 24.4 Å². The molecule has 3 rings (SSSR count). The van der Waals surface area contributed by atoms with E-state index in [1.165, 1.54) is 6.33 Å². The van der Waals surface area contributed by atoms with E-state index in [0.29, 0.717) is 5.56 Å². The summed E-state index contributed by atoms with van der Waals surface area (Å²) in [6.07, 6.45) is 2.53. The first-order chi connectivity index (χ1) is 9.75. The Kier molecular flexibility index (Phi) is 4.87. The van der Waals surface area contributed by atoms with Crippen LogP contribution in [-0.2, 0) is 0 Å². The standard InChI is InChI=1S/C13H16N6O.ClH/c1-18(12-6-7-14-8-12)13(20)10-2-4-11(5-3-10)19-9-15-16-17-19;/h2-5,9,12,14H,6-8H2,1H3;1H. The van der Waals surface area contributed by atoms with E-state index in [1.807, 2.05) is 24.1 Å². The van der Waals surface area contributed by atoms with Gasteiger partial charge in [0.1, 0.15) is 6.33 Å². The van der Waals surface area contributed by atoms with Gasteiger partial charge in [0.05, 0.1) is 5.69 Å². The summed E-state index contributed by atoms with van der Waals surface area (Å²) in [7, 11) is 1.86. The topological polar surface area (TPSA) is 75.9 Å². The van der Waals surface area contributed by atoms with Crippen molar-refractivity contribution in [1.82, 2.24) is 30.4 Å². The van der Waals surface area contributed by atoms with Crippen LogP contribution in [0.25, 0.3) is 5.69 Å². The van der Waals surface area contributed by atoms with Gasteiger partial charge in [-0.15, -0.1) is 17.5 Å². The van der Waals surface area contributed by atoms with Crippen LogP contribution < -0.4 is 5.32 Å². The average Bonchev–Trinajstić information content (AvgIpc) is 3.18. The zero-order chi connectivity index (χ0) is 13.9. The number of nitrogens with one attached hydrogen (secondary N) is 1. The molecule has 0 bridgehead atoms. The zero-order valence-electron chi connectivity index (χ0n) is 11.6. The molecule has 7 nitrogen and oxygen atoms in total. The Bertz CT molecular complexity index is 579. The highest BCUT2D eigenvalue weighted by Crippen LogP contribution is 2.13. The number of carbonyl (C=O) groups excluding carboxylic acids is 1. The minimum absolute atomic E-state index is 0. The summed E-state index contributed by atoms with van der Waals surface area (Å²) in [5.41, 5.74) is 1.51. The van der Waals surface area contributed by atoms with Crippen molar-refractivity contribution in [3.05, 3.63) is 36.2 Å². The number of carbonyl (C=O) groups is 1. The molecule has 8 heteroatoms. The van der Waals surface area contributed by atoms with Gasteiger partial charge in [-0.25, -0.2) is 4.68 Å². The fourth-order valence-electron chi connectivity index (χ4n) is 2.38. The molecular weight excluding hydrogens is 292 g/mol. The Balaban J connectivity index is 0.00000161. The van der Waals surface area contributed by atoms with Crippen molar-refractivity contribution in [3.8, 4) is 5.69 Å². The van der Waals surface area contributed by atoms with Crippen molar-refractivity contribution in [3.63, 3.8) is 0 Å². The maximum Gasteiger partial charge on any atom is 0.253 e. The molecule has 1 aromatic carbocycles. The molecule has 2 aromatic rings. The molecular formula is C13H17ClN6O. The lowest BCUT2D eigenvalue weighted by Gasteiger charge is -2.23. The van der Waals surface area contributed by atoms with Gasteiger partial charge in [-0.05, 0) is 47.7 Å². The minimum Gasteiger partial charge on any atom is -0.337 e. The number of aromatic nitrogens is 4. The number of hydrogen-bond donors (Lipinski definition) is 1. The maximum absolute atomic E-state index is 12.4. The summed E-state index contributed by atoms with van der Waals surface area (Å²) in [5.74, 6) is 0.0435. The van der Waals surface area contributed by atoms with Crippen LogP contribution in [0.1, 0.15) is 16.8 Å². The zero-order valence-corrected chi connectivity index (χ0v) is 12.5. The second-order valence-corrected chi connectivity index (χ2v) is 4.86. The number of likely N-dealkylation sites (N-methyl/N-ethyl adjacent to an activating group) is 1. The molecule has 1 aliphatic heterocycles. The predicted molar refractivity (Wildman–Crippen MR) is 79.8 cm³/mol. The van der Waals surface area contributed by atoms with Crippen LogP contribution in [0.3, 0.4) is 0 Å². The molecule has 0 radical (unpaired) electrons. The van der Waals surface area contributed by atoms with Crippen LogP contribution in [0.5, 0.6) is 0 Å². The van der Waals surface area contributed by atoms with Gasteiger partial charge in [-0.2, -0.15) is 0 Å². The largest absolute Gasteiger partial charge is 0.337 e. The molecule has 1 atom stereocenters. The van der Waals surface area contributed by atoms with E-state index in [0.717, 1.165) is 25.2 Å². The first kappa shape index (κ1) is 15.4. The van der Waals surface area contributed by atoms with E-state index < -0.39 is 0 Å². The lowest BCUT2D eigenvalue weighted by Crippen LogP contribution is -2.38. The van der Waals surface area contributed by atoms with Gasteiger partial charge in [0, 0.05) is 25.2 Å². The first-order valence-corrected chi connectivity index (χ1v) is 6.57.